The topological polar surface area (TPSA) is 56.2 Å². The normalized spacial score (nSPS) is 10.5. The molecule has 0 radical (unpaired) electrons. The molecular weight excluding hydrogens is 284 g/mol. The zero-order chi connectivity index (χ0) is 16.1. The number of fused-ring (bicyclic) bond motifs is 1. The number of hydrogen-bond donors (Lipinski definition) is 1. The molecule has 0 aliphatic carbocycles. The molecule has 4 nitrogen and oxygen atoms in total. The number of nitrogens with zero attached hydrogens (tertiary/aromatic N) is 3. The van der Waals surface area contributed by atoms with Crippen LogP contribution in [0.2, 0.25) is 0 Å². The first-order chi connectivity index (χ1) is 11.3. The van der Waals surface area contributed by atoms with Crippen LogP contribution in [0.15, 0.2) is 42.7 Å². The Labute approximate surface area is 136 Å². The molecule has 1 aromatic carbocycles. The highest BCUT2D eigenvalue weighted by atomic mass is 15.2. The van der Waals surface area contributed by atoms with Gasteiger partial charge in [-0.05, 0) is 68.0 Å². The van der Waals surface area contributed by atoms with Crippen LogP contribution in [0.4, 0.5) is 0 Å². The second-order valence-corrected chi connectivity index (χ2v) is 5.58. The second-order valence-electron chi connectivity index (χ2n) is 5.58. The lowest BCUT2D eigenvalue weighted by atomic mass is 10.0. The zero-order valence-electron chi connectivity index (χ0n) is 13.3. The summed E-state index contributed by atoms with van der Waals surface area (Å²) in [4.78, 5) is 4.31. The third kappa shape index (κ3) is 3.58. The predicted molar refractivity (Wildman–Crippen MR) is 92.1 cm³/mol. The molecule has 0 aliphatic rings. The monoisotopic (exact) mass is 304 g/mol. The van der Waals surface area contributed by atoms with Gasteiger partial charge < -0.3 is 5.73 Å². The molecule has 0 aliphatic heterocycles. The van der Waals surface area contributed by atoms with Crippen molar-refractivity contribution in [3.05, 3.63) is 65.1 Å². The van der Waals surface area contributed by atoms with Crippen LogP contribution in [-0.4, -0.2) is 21.1 Å². The fourth-order valence-electron chi connectivity index (χ4n) is 2.48. The largest absolute Gasteiger partial charge is 0.330 e. The molecule has 2 heterocycles. The average molecular weight is 304 g/mol. The van der Waals surface area contributed by atoms with Gasteiger partial charge in [-0.15, -0.1) is 0 Å². The third-order valence-electron chi connectivity index (χ3n) is 3.82. The minimum Gasteiger partial charge on any atom is -0.330 e. The number of aryl methyl sites for hydroxylation is 2. The summed E-state index contributed by atoms with van der Waals surface area (Å²) in [7, 11) is 0. The molecule has 0 saturated carbocycles. The molecule has 23 heavy (non-hydrogen) atoms. The van der Waals surface area contributed by atoms with E-state index in [4.69, 9.17) is 5.73 Å². The van der Waals surface area contributed by atoms with Crippen LogP contribution in [-0.2, 0) is 6.42 Å². The number of unbranched alkanes of at least 4 members (excludes halogenated alkanes) is 1. The number of rotatable bonds is 4. The summed E-state index contributed by atoms with van der Waals surface area (Å²) in [5.74, 6) is 6.45. The number of aromatic nitrogens is 3. The van der Waals surface area contributed by atoms with Crippen LogP contribution >= 0.6 is 0 Å². The Balaban J connectivity index is 1.86. The Kier molecular flexibility index (Phi) is 4.70. The molecule has 0 spiro atoms. The Morgan fingerprint density at radius 3 is 2.96 bits per heavy atom. The summed E-state index contributed by atoms with van der Waals surface area (Å²) in [5.41, 5.74) is 10.7. The van der Waals surface area contributed by atoms with E-state index in [-0.39, 0.29) is 0 Å². The van der Waals surface area contributed by atoms with Crippen LogP contribution in [0.25, 0.3) is 5.65 Å². The highest BCUT2D eigenvalue weighted by molar-refractivity contribution is 5.48. The van der Waals surface area contributed by atoms with Crippen molar-refractivity contribution in [3.8, 4) is 11.8 Å². The lowest BCUT2D eigenvalue weighted by molar-refractivity contribution is 0.744. The van der Waals surface area contributed by atoms with Gasteiger partial charge in [-0.25, -0.2) is 9.50 Å². The second kappa shape index (κ2) is 7.08. The summed E-state index contributed by atoms with van der Waals surface area (Å²) in [6.07, 6.45) is 6.72. The van der Waals surface area contributed by atoms with Crippen molar-refractivity contribution in [3.63, 3.8) is 0 Å². The van der Waals surface area contributed by atoms with E-state index in [1.807, 2.05) is 12.1 Å². The van der Waals surface area contributed by atoms with E-state index in [2.05, 4.69) is 47.0 Å². The van der Waals surface area contributed by atoms with Gasteiger partial charge >= 0.3 is 0 Å². The first kappa shape index (κ1) is 15.3. The van der Waals surface area contributed by atoms with Crippen molar-refractivity contribution in [2.24, 2.45) is 5.73 Å². The molecule has 0 fully saturated rings. The first-order valence-corrected chi connectivity index (χ1v) is 7.88. The van der Waals surface area contributed by atoms with E-state index in [9.17, 15) is 0 Å². The van der Waals surface area contributed by atoms with Gasteiger partial charge in [-0.2, -0.15) is 5.10 Å². The zero-order valence-corrected chi connectivity index (χ0v) is 13.3. The molecule has 2 aromatic heterocycles. The highest BCUT2D eigenvalue weighted by Gasteiger charge is 2.01. The molecule has 0 atom stereocenters. The maximum atomic E-state index is 5.56. The Morgan fingerprint density at radius 1 is 1.17 bits per heavy atom. The molecule has 4 heteroatoms. The predicted octanol–water partition coefficient (Wildman–Crippen LogP) is 2.72. The smallest absolute Gasteiger partial charge is 0.154 e. The van der Waals surface area contributed by atoms with Gasteiger partial charge in [-0.3, -0.25) is 0 Å². The lowest BCUT2D eigenvalue weighted by Crippen LogP contribution is -1.99. The van der Waals surface area contributed by atoms with E-state index in [0.717, 1.165) is 42.7 Å². The van der Waals surface area contributed by atoms with Crippen molar-refractivity contribution < 1.29 is 0 Å². The van der Waals surface area contributed by atoms with Gasteiger partial charge in [0.15, 0.2) is 5.65 Å². The Bertz CT molecular complexity index is 868. The third-order valence-corrected chi connectivity index (χ3v) is 3.82. The quantitative estimate of drug-likeness (QED) is 0.595. The van der Waals surface area contributed by atoms with E-state index in [1.54, 1.807) is 16.9 Å². The van der Waals surface area contributed by atoms with Gasteiger partial charge in [-0.1, -0.05) is 18.1 Å². The van der Waals surface area contributed by atoms with Crippen molar-refractivity contribution in [2.45, 2.75) is 26.2 Å². The van der Waals surface area contributed by atoms with E-state index in [1.165, 1.54) is 11.1 Å². The van der Waals surface area contributed by atoms with Gasteiger partial charge in [0.1, 0.15) is 5.69 Å². The minimum absolute atomic E-state index is 0.750. The standard InChI is InChI=1S/C19H20N4/c1-15-7-8-16(5-2-3-11-20)13-17(15)9-10-18-14-21-19-6-4-12-22-23(18)19/h4,6-8,12-14H,2-3,5,11,20H2,1H3. The van der Waals surface area contributed by atoms with Crippen LogP contribution in [0.1, 0.15) is 35.2 Å². The number of imidazole rings is 1. The van der Waals surface area contributed by atoms with Crippen LogP contribution in [0.5, 0.6) is 0 Å². The highest BCUT2D eigenvalue weighted by Crippen LogP contribution is 2.13. The summed E-state index contributed by atoms with van der Waals surface area (Å²) >= 11 is 0. The van der Waals surface area contributed by atoms with Crippen molar-refractivity contribution in [1.82, 2.24) is 14.6 Å². The van der Waals surface area contributed by atoms with E-state index < -0.39 is 0 Å². The number of nitrogens with two attached hydrogens (primary N) is 1. The van der Waals surface area contributed by atoms with Crippen molar-refractivity contribution >= 4 is 5.65 Å². The fraction of sp³-hybridized carbons (Fsp3) is 0.263. The summed E-state index contributed by atoms with van der Waals surface area (Å²) in [5, 5.41) is 4.28. The molecule has 2 N–H and O–H groups in total. The minimum atomic E-state index is 0.750. The first-order valence-electron chi connectivity index (χ1n) is 7.88. The Morgan fingerprint density at radius 2 is 2.09 bits per heavy atom. The van der Waals surface area contributed by atoms with E-state index >= 15 is 0 Å². The van der Waals surface area contributed by atoms with Crippen LogP contribution < -0.4 is 5.73 Å². The van der Waals surface area contributed by atoms with Crippen molar-refractivity contribution in [2.75, 3.05) is 6.54 Å². The van der Waals surface area contributed by atoms with Gasteiger partial charge in [0.25, 0.3) is 0 Å². The number of hydrogen-bond acceptors (Lipinski definition) is 3. The Hall–Kier alpha value is -2.64. The van der Waals surface area contributed by atoms with Gasteiger partial charge in [0.05, 0.1) is 6.20 Å². The molecule has 0 saturated heterocycles. The molecule has 0 bridgehead atoms. The lowest BCUT2D eigenvalue weighted by Gasteiger charge is -2.04. The summed E-state index contributed by atoms with van der Waals surface area (Å²) in [6.45, 7) is 2.83. The van der Waals surface area contributed by atoms with Crippen LogP contribution in [0, 0.1) is 18.8 Å². The summed E-state index contributed by atoms with van der Waals surface area (Å²) < 4.78 is 1.76. The van der Waals surface area contributed by atoms with Crippen molar-refractivity contribution in [1.29, 1.82) is 0 Å². The summed E-state index contributed by atoms with van der Waals surface area (Å²) in [6, 6.07) is 10.3. The maximum absolute atomic E-state index is 5.56. The van der Waals surface area contributed by atoms with Crippen LogP contribution in [0.3, 0.4) is 0 Å². The average Bonchev–Trinajstić information content (AvgIpc) is 2.99. The van der Waals surface area contributed by atoms with Gasteiger partial charge in [0.2, 0.25) is 0 Å². The van der Waals surface area contributed by atoms with E-state index in [0.29, 0.717) is 0 Å². The molecule has 3 rings (SSSR count). The molecule has 116 valence electrons. The maximum Gasteiger partial charge on any atom is 0.154 e. The molecule has 3 aromatic rings. The molecular formula is C19H20N4. The SMILES string of the molecule is Cc1ccc(CCCCN)cc1C#Cc1cnc2cccnn12. The molecule has 0 unspecified atom stereocenters. The number of benzene rings is 1. The van der Waals surface area contributed by atoms with Gasteiger partial charge in [0, 0.05) is 11.8 Å². The molecule has 0 amide bonds. The fourth-order valence-corrected chi connectivity index (χ4v) is 2.48.